The van der Waals surface area contributed by atoms with E-state index in [2.05, 4.69) is 22.5 Å². The van der Waals surface area contributed by atoms with Crippen molar-refractivity contribution in [2.75, 3.05) is 6.61 Å². The van der Waals surface area contributed by atoms with Gasteiger partial charge in [0.25, 0.3) is 0 Å². The van der Waals surface area contributed by atoms with Gasteiger partial charge < -0.3 is 4.74 Å². The summed E-state index contributed by atoms with van der Waals surface area (Å²) >= 11 is 9.62. The molecule has 2 aromatic rings. The lowest BCUT2D eigenvalue weighted by atomic mass is 10.0. The normalized spacial score (nSPS) is 10.1. The molecular formula is C16H12BrClO2. The second-order valence-corrected chi connectivity index (χ2v) is 5.35. The third-order valence-electron chi connectivity index (χ3n) is 2.64. The summed E-state index contributed by atoms with van der Waals surface area (Å²) in [6, 6.07) is 12.4. The van der Waals surface area contributed by atoms with E-state index in [1.807, 2.05) is 18.2 Å². The predicted octanol–water partition coefficient (Wildman–Crippen LogP) is 4.90. The molecule has 0 atom stereocenters. The van der Waals surface area contributed by atoms with Crippen molar-refractivity contribution in [3.63, 3.8) is 0 Å². The average Bonchev–Trinajstić information content (AvgIpc) is 2.48. The highest BCUT2D eigenvalue weighted by Gasteiger charge is 2.17. The van der Waals surface area contributed by atoms with E-state index in [-0.39, 0.29) is 5.78 Å². The van der Waals surface area contributed by atoms with Gasteiger partial charge in [-0.15, -0.1) is 0 Å². The first-order chi connectivity index (χ1) is 9.63. The molecule has 0 bridgehead atoms. The van der Waals surface area contributed by atoms with Crippen molar-refractivity contribution < 1.29 is 9.53 Å². The summed E-state index contributed by atoms with van der Waals surface area (Å²) in [5.41, 5.74) is 0.994. The van der Waals surface area contributed by atoms with Gasteiger partial charge in [-0.05, 0) is 12.1 Å². The van der Waals surface area contributed by atoms with Gasteiger partial charge in [0.2, 0.25) is 0 Å². The van der Waals surface area contributed by atoms with Crippen LogP contribution in [0, 0.1) is 0 Å². The van der Waals surface area contributed by atoms with E-state index in [1.165, 1.54) is 0 Å². The maximum Gasteiger partial charge on any atom is 0.194 e. The van der Waals surface area contributed by atoms with Crippen molar-refractivity contribution in [1.82, 2.24) is 0 Å². The Morgan fingerprint density at radius 3 is 2.65 bits per heavy atom. The molecule has 0 aliphatic carbocycles. The molecule has 2 nitrogen and oxygen atoms in total. The minimum absolute atomic E-state index is 0.139. The summed E-state index contributed by atoms with van der Waals surface area (Å²) in [6.45, 7) is 3.91. The minimum atomic E-state index is -0.139. The van der Waals surface area contributed by atoms with Crippen molar-refractivity contribution in [2.45, 2.75) is 0 Å². The molecule has 0 unspecified atom stereocenters. The molecule has 0 saturated heterocycles. The molecule has 4 heteroatoms. The number of benzene rings is 2. The predicted molar refractivity (Wildman–Crippen MR) is 84.7 cm³/mol. The molecule has 102 valence electrons. The number of ether oxygens (including phenoxy) is 1. The Morgan fingerprint density at radius 2 is 2.00 bits per heavy atom. The highest BCUT2D eigenvalue weighted by molar-refractivity contribution is 9.10. The van der Waals surface area contributed by atoms with E-state index in [0.717, 1.165) is 4.47 Å². The number of carbonyl (C=O) groups is 1. The van der Waals surface area contributed by atoms with Crippen LogP contribution in [-0.4, -0.2) is 12.4 Å². The van der Waals surface area contributed by atoms with Crippen molar-refractivity contribution in [2.24, 2.45) is 0 Å². The molecule has 0 heterocycles. The van der Waals surface area contributed by atoms with Gasteiger partial charge in [0.15, 0.2) is 5.78 Å². The zero-order valence-electron chi connectivity index (χ0n) is 10.6. The Kier molecular flexibility index (Phi) is 4.99. The Bertz CT molecular complexity index is 638. The van der Waals surface area contributed by atoms with Crippen LogP contribution in [-0.2, 0) is 0 Å². The van der Waals surface area contributed by atoms with Gasteiger partial charge in [0.05, 0.1) is 5.02 Å². The van der Waals surface area contributed by atoms with E-state index >= 15 is 0 Å². The number of carbonyl (C=O) groups excluding carboxylic acids is 1. The van der Waals surface area contributed by atoms with E-state index in [4.69, 9.17) is 16.3 Å². The van der Waals surface area contributed by atoms with Crippen LogP contribution in [0.4, 0.5) is 0 Å². The van der Waals surface area contributed by atoms with E-state index in [1.54, 1.807) is 30.3 Å². The molecular weight excluding hydrogens is 340 g/mol. The van der Waals surface area contributed by atoms with Crippen molar-refractivity contribution in [3.8, 4) is 5.75 Å². The summed E-state index contributed by atoms with van der Waals surface area (Å²) in [7, 11) is 0. The molecule has 0 N–H and O–H groups in total. The maximum absolute atomic E-state index is 12.5. The quantitative estimate of drug-likeness (QED) is 0.566. The lowest BCUT2D eigenvalue weighted by molar-refractivity contribution is 0.103. The summed E-state index contributed by atoms with van der Waals surface area (Å²) in [6.07, 6.45) is 1.62. The molecule has 20 heavy (non-hydrogen) atoms. The van der Waals surface area contributed by atoms with Gasteiger partial charge >= 0.3 is 0 Å². The first-order valence-corrected chi connectivity index (χ1v) is 7.13. The van der Waals surface area contributed by atoms with Gasteiger partial charge in [-0.25, -0.2) is 0 Å². The van der Waals surface area contributed by atoms with Crippen LogP contribution in [0.3, 0.4) is 0 Å². The van der Waals surface area contributed by atoms with Crippen LogP contribution in [0.15, 0.2) is 59.6 Å². The van der Waals surface area contributed by atoms with E-state index in [9.17, 15) is 4.79 Å². The van der Waals surface area contributed by atoms with Crippen LogP contribution in [0.1, 0.15) is 15.9 Å². The van der Waals surface area contributed by atoms with E-state index in [0.29, 0.717) is 28.5 Å². The van der Waals surface area contributed by atoms with Gasteiger partial charge in [0.1, 0.15) is 12.4 Å². The molecule has 2 rings (SSSR count). The Balaban J connectivity index is 2.43. The number of hydrogen-bond donors (Lipinski definition) is 0. The summed E-state index contributed by atoms with van der Waals surface area (Å²) in [5.74, 6) is 0.320. The summed E-state index contributed by atoms with van der Waals surface area (Å²) in [4.78, 5) is 12.5. The Morgan fingerprint density at radius 1 is 1.30 bits per heavy atom. The van der Waals surface area contributed by atoms with Gasteiger partial charge in [0, 0.05) is 15.6 Å². The van der Waals surface area contributed by atoms with E-state index < -0.39 is 0 Å². The second-order valence-electron chi connectivity index (χ2n) is 4.06. The molecule has 0 spiro atoms. The fourth-order valence-electron chi connectivity index (χ4n) is 1.73. The summed E-state index contributed by atoms with van der Waals surface area (Å²) in [5, 5.41) is 0.309. The van der Waals surface area contributed by atoms with Crippen LogP contribution >= 0.6 is 27.5 Å². The lowest BCUT2D eigenvalue weighted by Gasteiger charge is -2.11. The van der Waals surface area contributed by atoms with Crippen LogP contribution in [0.5, 0.6) is 5.75 Å². The second kappa shape index (κ2) is 6.73. The van der Waals surface area contributed by atoms with Crippen molar-refractivity contribution in [3.05, 3.63) is 75.7 Å². The molecule has 0 aliphatic heterocycles. The zero-order valence-corrected chi connectivity index (χ0v) is 12.9. The zero-order chi connectivity index (χ0) is 14.5. The Labute approximate surface area is 131 Å². The molecule has 0 radical (unpaired) electrons. The van der Waals surface area contributed by atoms with Gasteiger partial charge in [-0.2, -0.15) is 0 Å². The summed E-state index contributed by atoms with van der Waals surface area (Å²) < 4.78 is 6.20. The van der Waals surface area contributed by atoms with Crippen LogP contribution in [0.25, 0.3) is 0 Å². The topological polar surface area (TPSA) is 26.3 Å². The smallest absolute Gasteiger partial charge is 0.194 e. The number of rotatable bonds is 5. The first-order valence-electron chi connectivity index (χ1n) is 5.96. The SMILES string of the molecule is C=CCOc1cc(Br)cc(C(=O)c2ccccc2)c1Cl. The third kappa shape index (κ3) is 3.30. The molecule has 0 saturated carbocycles. The largest absolute Gasteiger partial charge is 0.488 e. The number of hydrogen-bond acceptors (Lipinski definition) is 2. The number of halogens is 2. The van der Waals surface area contributed by atoms with Gasteiger partial charge in [-0.1, -0.05) is 70.5 Å². The van der Waals surface area contributed by atoms with Crippen molar-refractivity contribution in [1.29, 1.82) is 0 Å². The molecule has 0 amide bonds. The monoisotopic (exact) mass is 350 g/mol. The number of ketones is 1. The minimum Gasteiger partial charge on any atom is -0.488 e. The maximum atomic E-state index is 12.5. The molecule has 0 aliphatic rings. The average molecular weight is 352 g/mol. The molecule has 2 aromatic carbocycles. The highest BCUT2D eigenvalue weighted by Crippen LogP contribution is 2.33. The fourth-order valence-corrected chi connectivity index (χ4v) is 2.41. The third-order valence-corrected chi connectivity index (χ3v) is 3.49. The molecule has 0 aromatic heterocycles. The highest BCUT2D eigenvalue weighted by atomic mass is 79.9. The lowest BCUT2D eigenvalue weighted by Crippen LogP contribution is -2.04. The molecule has 0 fully saturated rings. The van der Waals surface area contributed by atoms with Crippen LogP contribution < -0.4 is 4.74 Å². The van der Waals surface area contributed by atoms with Gasteiger partial charge in [-0.3, -0.25) is 4.79 Å². The first kappa shape index (κ1) is 14.8. The fraction of sp³-hybridized carbons (Fsp3) is 0.0625. The standard InChI is InChI=1S/C16H12BrClO2/c1-2-8-20-14-10-12(17)9-13(15(14)18)16(19)11-6-4-3-5-7-11/h2-7,9-10H,1,8H2. The van der Waals surface area contributed by atoms with Crippen molar-refractivity contribution >= 4 is 33.3 Å². The van der Waals surface area contributed by atoms with Crippen LogP contribution in [0.2, 0.25) is 5.02 Å². The Hall–Kier alpha value is -1.58.